The molecule has 1 aliphatic heterocycles. The monoisotopic (exact) mass is 350 g/mol. The number of para-hydroxylation sites is 2. The van der Waals surface area contributed by atoms with Crippen LogP contribution in [0.2, 0.25) is 0 Å². The highest BCUT2D eigenvalue weighted by atomic mass is 19.1. The smallest absolute Gasteiger partial charge is 0.127 e. The van der Waals surface area contributed by atoms with Gasteiger partial charge in [0.1, 0.15) is 11.6 Å². The maximum Gasteiger partial charge on any atom is 0.127 e. The fourth-order valence-corrected chi connectivity index (χ4v) is 4.96. The van der Waals surface area contributed by atoms with Gasteiger partial charge in [-0.25, -0.2) is 9.37 Å². The Morgan fingerprint density at radius 2 is 1.92 bits per heavy atom. The predicted molar refractivity (Wildman–Crippen MR) is 99.8 cm³/mol. The molecule has 3 aromatic rings. The second kappa shape index (κ2) is 5.89. The highest BCUT2D eigenvalue weighted by molar-refractivity contribution is 5.75. The molecule has 4 atom stereocenters. The number of fused-ring (bicyclic) bond motifs is 2. The van der Waals surface area contributed by atoms with Gasteiger partial charge < -0.3 is 10.3 Å². The van der Waals surface area contributed by atoms with E-state index < -0.39 is 0 Å². The molecule has 2 fully saturated rings. The first-order valence-corrected chi connectivity index (χ1v) is 9.28. The van der Waals surface area contributed by atoms with Crippen LogP contribution < -0.4 is 5.73 Å². The molecule has 4 unspecified atom stereocenters. The minimum Gasteiger partial charge on any atom is -0.330 e. The summed E-state index contributed by atoms with van der Waals surface area (Å²) >= 11 is 0. The van der Waals surface area contributed by atoms with Gasteiger partial charge in [-0.2, -0.15) is 0 Å². The van der Waals surface area contributed by atoms with Crippen molar-refractivity contribution < 1.29 is 4.39 Å². The van der Waals surface area contributed by atoms with Gasteiger partial charge in [0.15, 0.2) is 0 Å². The van der Waals surface area contributed by atoms with E-state index in [0.29, 0.717) is 24.3 Å². The number of nitrogens with two attached hydrogens (primary N) is 1. The molecular formula is C21H23FN4. The van der Waals surface area contributed by atoms with Gasteiger partial charge in [-0.3, -0.25) is 4.90 Å². The topological polar surface area (TPSA) is 47.1 Å². The third-order valence-corrected chi connectivity index (χ3v) is 6.32. The first kappa shape index (κ1) is 16.0. The number of aromatic nitrogens is 2. The molecule has 1 aliphatic carbocycles. The van der Waals surface area contributed by atoms with Crippen LogP contribution in [0.4, 0.5) is 4.39 Å². The molecule has 2 heterocycles. The van der Waals surface area contributed by atoms with Crippen LogP contribution in [0.25, 0.3) is 11.0 Å². The molecule has 1 aromatic heterocycles. The summed E-state index contributed by atoms with van der Waals surface area (Å²) in [6.07, 6.45) is 0. The second-order valence-corrected chi connectivity index (χ2v) is 7.61. The highest BCUT2D eigenvalue weighted by Gasteiger charge is 2.60. The van der Waals surface area contributed by atoms with Crippen LogP contribution in [-0.4, -0.2) is 27.5 Å². The van der Waals surface area contributed by atoms with E-state index in [1.165, 1.54) is 0 Å². The number of likely N-dealkylation sites (tertiary alicyclic amines) is 1. The number of halogens is 1. The number of rotatable bonds is 4. The van der Waals surface area contributed by atoms with E-state index in [1.54, 1.807) is 12.1 Å². The maximum absolute atomic E-state index is 14.5. The van der Waals surface area contributed by atoms with Crippen LogP contribution in [0.15, 0.2) is 48.5 Å². The Hall–Kier alpha value is -2.24. The zero-order valence-electron chi connectivity index (χ0n) is 14.8. The molecular weight excluding hydrogens is 327 g/mol. The van der Waals surface area contributed by atoms with Crippen molar-refractivity contribution >= 4 is 11.0 Å². The summed E-state index contributed by atoms with van der Waals surface area (Å²) in [4.78, 5) is 7.20. The lowest BCUT2D eigenvalue weighted by molar-refractivity contribution is 0.188. The average molecular weight is 350 g/mol. The van der Waals surface area contributed by atoms with Crippen molar-refractivity contribution in [2.24, 2.45) is 30.5 Å². The van der Waals surface area contributed by atoms with E-state index in [9.17, 15) is 4.39 Å². The van der Waals surface area contributed by atoms with Crippen LogP contribution in [0.3, 0.4) is 0 Å². The summed E-state index contributed by atoms with van der Waals surface area (Å²) in [5, 5.41) is 0. The number of imidazole rings is 1. The van der Waals surface area contributed by atoms with Gasteiger partial charge in [-0.1, -0.05) is 30.3 Å². The van der Waals surface area contributed by atoms with E-state index in [2.05, 4.69) is 22.6 Å². The van der Waals surface area contributed by atoms with Crippen LogP contribution in [0.5, 0.6) is 0 Å². The second-order valence-electron chi connectivity index (χ2n) is 7.61. The zero-order valence-corrected chi connectivity index (χ0v) is 14.8. The van der Waals surface area contributed by atoms with E-state index in [0.717, 1.165) is 35.5 Å². The number of nitrogens with zero attached hydrogens (tertiary/aromatic N) is 3. The lowest BCUT2D eigenvalue weighted by Crippen LogP contribution is -2.31. The first-order valence-electron chi connectivity index (χ1n) is 9.28. The highest BCUT2D eigenvalue weighted by Crippen LogP contribution is 2.61. The van der Waals surface area contributed by atoms with E-state index in [-0.39, 0.29) is 11.9 Å². The lowest BCUT2D eigenvalue weighted by Gasteiger charge is -2.29. The van der Waals surface area contributed by atoms with Gasteiger partial charge in [0.25, 0.3) is 0 Å². The number of benzene rings is 2. The lowest BCUT2D eigenvalue weighted by atomic mass is 10.00. The maximum atomic E-state index is 14.5. The SMILES string of the molecule is Cn1c(CN2CC3C(CN)C3C2c2ccccc2F)nc2ccccc21. The number of aryl methyl sites for hydroxylation is 1. The third kappa shape index (κ3) is 2.31. The summed E-state index contributed by atoms with van der Waals surface area (Å²) in [5.74, 6) is 2.48. The van der Waals surface area contributed by atoms with Crippen molar-refractivity contribution in [3.05, 3.63) is 65.7 Å². The van der Waals surface area contributed by atoms with Crippen LogP contribution in [0, 0.1) is 23.6 Å². The van der Waals surface area contributed by atoms with Crippen molar-refractivity contribution in [3.63, 3.8) is 0 Å². The standard InChI is InChI=1S/C21H23FN4/c1-25-18-9-5-4-8-17(18)24-19(25)12-26-11-15-14(10-23)20(15)21(26)13-6-2-3-7-16(13)22/h2-9,14-15,20-21H,10-12,23H2,1H3. The van der Waals surface area contributed by atoms with Crippen molar-refractivity contribution in [1.29, 1.82) is 0 Å². The molecule has 0 spiro atoms. The molecule has 4 nitrogen and oxygen atoms in total. The molecule has 5 rings (SSSR count). The van der Waals surface area contributed by atoms with E-state index in [1.807, 2.05) is 30.3 Å². The number of piperidine rings is 1. The van der Waals surface area contributed by atoms with Crippen LogP contribution in [0.1, 0.15) is 17.4 Å². The predicted octanol–water partition coefficient (Wildman–Crippen LogP) is 3.09. The van der Waals surface area contributed by atoms with Gasteiger partial charge in [0.2, 0.25) is 0 Å². The molecule has 0 amide bonds. The van der Waals surface area contributed by atoms with Crippen molar-refractivity contribution in [1.82, 2.24) is 14.5 Å². The van der Waals surface area contributed by atoms with Crippen molar-refractivity contribution in [2.75, 3.05) is 13.1 Å². The Kier molecular flexibility index (Phi) is 3.62. The molecule has 2 N–H and O–H groups in total. The third-order valence-electron chi connectivity index (χ3n) is 6.32. The number of hydrogen-bond donors (Lipinski definition) is 1. The number of hydrogen-bond acceptors (Lipinski definition) is 3. The van der Waals surface area contributed by atoms with Crippen LogP contribution in [-0.2, 0) is 13.6 Å². The summed E-state index contributed by atoms with van der Waals surface area (Å²) in [5.41, 5.74) is 8.89. The Labute approximate surface area is 152 Å². The summed E-state index contributed by atoms with van der Waals surface area (Å²) < 4.78 is 16.7. The van der Waals surface area contributed by atoms with Gasteiger partial charge in [0.05, 0.1) is 17.6 Å². The van der Waals surface area contributed by atoms with E-state index >= 15 is 0 Å². The van der Waals surface area contributed by atoms with Gasteiger partial charge in [-0.05, 0) is 42.5 Å². The van der Waals surface area contributed by atoms with Crippen LogP contribution >= 0.6 is 0 Å². The molecule has 26 heavy (non-hydrogen) atoms. The van der Waals surface area contributed by atoms with Gasteiger partial charge in [-0.15, -0.1) is 0 Å². The molecule has 0 bridgehead atoms. The summed E-state index contributed by atoms with van der Waals surface area (Å²) in [6.45, 7) is 2.39. The minimum atomic E-state index is -0.115. The van der Waals surface area contributed by atoms with Gasteiger partial charge in [0, 0.05) is 25.2 Å². The molecule has 5 heteroatoms. The van der Waals surface area contributed by atoms with E-state index in [4.69, 9.17) is 10.7 Å². The largest absolute Gasteiger partial charge is 0.330 e. The fourth-order valence-electron chi connectivity index (χ4n) is 4.96. The fraction of sp³-hybridized carbons (Fsp3) is 0.381. The molecule has 2 aromatic carbocycles. The first-order chi connectivity index (χ1) is 12.7. The van der Waals surface area contributed by atoms with Crippen molar-refractivity contribution in [2.45, 2.75) is 12.6 Å². The zero-order chi connectivity index (χ0) is 17.8. The quantitative estimate of drug-likeness (QED) is 0.787. The summed E-state index contributed by atoms with van der Waals surface area (Å²) in [6, 6.07) is 15.4. The Bertz CT molecular complexity index is 966. The van der Waals surface area contributed by atoms with Gasteiger partial charge >= 0.3 is 0 Å². The molecule has 1 saturated heterocycles. The Balaban J connectivity index is 1.50. The average Bonchev–Trinajstić information content (AvgIpc) is 3.06. The molecule has 1 saturated carbocycles. The molecule has 0 radical (unpaired) electrons. The molecule has 2 aliphatic rings. The summed E-state index contributed by atoms with van der Waals surface area (Å²) in [7, 11) is 2.06. The normalized spacial score (nSPS) is 27.8. The minimum absolute atomic E-state index is 0.0922. The molecule has 134 valence electrons. The van der Waals surface area contributed by atoms with Crippen molar-refractivity contribution in [3.8, 4) is 0 Å². The Morgan fingerprint density at radius 1 is 1.15 bits per heavy atom. The Morgan fingerprint density at radius 3 is 2.69 bits per heavy atom.